The van der Waals surface area contributed by atoms with E-state index in [0.29, 0.717) is 0 Å². The van der Waals surface area contributed by atoms with Gasteiger partial charge in [-0.1, -0.05) is 43.7 Å². The van der Waals surface area contributed by atoms with Crippen LogP contribution in [0.5, 0.6) is 0 Å². The average Bonchev–Trinajstić information content (AvgIpc) is 2.20. The van der Waals surface area contributed by atoms with Gasteiger partial charge in [0.15, 0.2) is 0 Å². The summed E-state index contributed by atoms with van der Waals surface area (Å²) in [6, 6.07) is 10.6. The van der Waals surface area contributed by atoms with Gasteiger partial charge in [0.25, 0.3) is 0 Å². The van der Waals surface area contributed by atoms with Crippen molar-refractivity contribution in [3.63, 3.8) is 0 Å². The van der Waals surface area contributed by atoms with Crippen molar-refractivity contribution in [3.8, 4) is 0 Å². The summed E-state index contributed by atoms with van der Waals surface area (Å²) in [5.74, 6) is 0. The molecule has 2 heteroatoms. The van der Waals surface area contributed by atoms with E-state index in [0.717, 1.165) is 13.0 Å². The summed E-state index contributed by atoms with van der Waals surface area (Å²) in [6.45, 7) is 5.00. The van der Waals surface area contributed by atoms with E-state index >= 15 is 0 Å². The molecule has 15 heavy (non-hydrogen) atoms. The maximum absolute atomic E-state index is 5.62. The van der Waals surface area contributed by atoms with Gasteiger partial charge in [0, 0.05) is 6.04 Å². The third kappa shape index (κ3) is 9.44. The zero-order valence-corrected chi connectivity index (χ0v) is 9.95. The van der Waals surface area contributed by atoms with E-state index in [2.05, 4.69) is 19.1 Å². The topological polar surface area (TPSA) is 52.0 Å². The number of rotatable bonds is 4. The lowest BCUT2D eigenvalue weighted by atomic mass is 10.1. The highest BCUT2D eigenvalue weighted by atomic mass is 14.6. The third-order valence-corrected chi connectivity index (χ3v) is 1.96. The molecule has 0 aliphatic carbocycles. The first-order chi connectivity index (χ1) is 7.20. The standard InChI is InChI=1S/C9H13N.C4H11N/c1-8(10)7-9-5-3-2-4-6-9;1-2-3-4-5/h2-6,8H,7,10H2,1H3;2-5H2,1H3. The Labute approximate surface area is 93.7 Å². The van der Waals surface area contributed by atoms with Crippen molar-refractivity contribution in [2.24, 2.45) is 11.5 Å². The van der Waals surface area contributed by atoms with Gasteiger partial charge in [0.1, 0.15) is 0 Å². The van der Waals surface area contributed by atoms with E-state index in [1.807, 2.05) is 25.1 Å². The molecule has 1 unspecified atom stereocenters. The molecular formula is C13H24N2. The van der Waals surface area contributed by atoms with E-state index in [-0.39, 0.29) is 6.04 Å². The van der Waals surface area contributed by atoms with Crippen molar-refractivity contribution in [1.82, 2.24) is 0 Å². The van der Waals surface area contributed by atoms with Crippen LogP contribution < -0.4 is 11.5 Å². The molecule has 0 saturated carbocycles. The van der Waals surface area contributed by atoms with Gasteiger partial charge in [0.05, 0.1) is 0 Å². The summed E-state index contributed by atoms with van der Waals surface area (Å²) >= 11 is 0. The number of hydrogen-bond acceptors (Lipinski definition) is 2. The fraction of sp³-hybridized carbons (Fsp3) is 0.538. The molecule has 0 radical (unpaired) electrons. The van der Waals surface area contributed by atoms with Gasteiger partial charge in [-0.3, -0.25) is 0 Å². The summed E-state index contributed by atoms with van der Waals surface area (Å²) < 4.78 is 0. The lowest BCUT2D eigenvalue weighted by Crippen LogP contribution is -2.17. The maximum atomic E-state index is 5.62. The van der Waals surface area contributed by atoms with Crippen molar-refractivity contribution < 1.29 is 0 Å². The van der Waals surface area contributed by atoms with Crippen LogP contribution in [0.1, 0.15) is 32.3 Å². The van der Waals surface area contributed by atoms with E-state index in [1.54, 1.807) is 0 Å². The molecule has 86 valence electrons. The van der Waals surface area contributed by atoms with Gasteiger partial charge in [0.2, 0.25) is 0 Å². The van der Waals surface area contributed by atoms with Crippen LogP contribution in [-0.2, 0) is 6.42 Å². The predicted molar refractivity (Wildman–Crippen MR) is 67.8 cm³/mol. The molecule has 0 heterocycles. The molecular weight excluding hydrogens is 184 g/mol. The van der Waals surface area contributed by atoms with Gasteiger partial charge in [-0.15, -0.1) is 0 Å². The van der Waals surface area contributed by atoms with Gasteiger partial charge in [-0.05, 0) is 31.9 Å². The Morgan fingerprint density at radius 2 is 1.80 bits per heavy atom. The average molecular weight is 208 g/mol. The summed E-state index contributed by atoms with van der Waals surface area (Å²) in [5.41, 5.74) is 12.1. The summed E-state index contributed by atoms with van der Waals surface area (Å²) in [7, 11) is 0. The zero-order chi connectivity index (χ0) is 11.5. The molecule has 0 aliphatic heterocycles. The molecule has 1 rings (SSSR count). The highest BCUT2D eigenvalue weighted by Crippen LogP contribution is 2.00. The molecule has 1 atom stereocenters. The molecule has 0 aliphatic rings. The number of benzene rings is 1. The lowest BCUT2D eigenvalue weighted by Gasteiger charge is -2.02. The maximum Gasteiger partial charge on any atom is 0.00509 e. The Morgan fingerprint density at radius 1 is 1.20 bits per heavy atom. The Hall–Kier alpha value is -0.860. The second-order valence-corrected chi connectivity index (χ2v) is 3.81. The second kappa shape index (κ2) is 9.69. The Balaban J connectivity index is 0.000000336. The van der Waals surface area contributed by atoms with Gasteiger partial charge < -0.3 is 11.5 Å². The fourth-order valence-corrected chi connectivity index (χ4v) is 1.19. The molecule has 4 N–H and O–H groups in total. The first kappa shape index (κ1) is 14.1. The van der Waals surface area contributed by atoms with E-state index < -0.39 is 0 Å². The van der Waals surface area contributed by atoms with Crippen LogP contribution in [0.25, 0.3) is 0 Å². The van der Waals surface area contributed by atoms with Crippen LogP contribution in [0.4, 0.5) is 0 Å². The fourth-order valence-electron chi connectivity index (χ4n) is 1.19. The molecule has 0 saturated heterocycles. The van der Waals surface area contributed by atoms with Crippen LogP contribution in [-0.4, -0.2) is 12.6 Å². The molecule has 0 spiro atoms. The highest BCUT2D eigenvalue weighted by molar-refractivity contribution is 5.15. The van der Waals surface area contributed by atoms with Crippen LogP contribution in [0, 0.1) is 0 Å². The number of unbranched alkanes of at least 4 members (excludes halogenated alkanes) is 1. The summed E-state index contributed by atoms with van der Waals surface area (Å²) in [5, 5.41) is 0. The van der Waals surface area contributed by atoms with Gasteiger partial charge >= 0.3 is 0 Å². The Bertz CT molecular complexity index is 217. The SMILES string of the molecule is CC(N)Cc1ccccc1.CCCCN. The van der Waals surface area contributed by atoms with E-state index in [4.69, 9.17) is 11.5 Å². The van der Waals surface area contributed by atoms with Crippen LogP contribution in [0.2, 0.25) is 0 Å². The Kier molecular flexibility index (Phi) is 9.13. The minimum absolute atomic E-state index is 0.266. The number of nitrogens with two attached hydrogens (primary N) is 2. The molecule has 2 nitrogen and oxygen atoms in total. The van der Waals surface area contributed by atoms with E-state index in [9.17, 15) is 0 Å². The van der Waals surface area contributed by atoms with Crippen LogP contribution in [0.3, 0.4) is 0 Å². The van der Waals surface area contributed by atoms with Gasteiger partial charge in [-0.2, -0.15) is 0 Å². The lowest BCUT2D eigenvalue weighted by molar-refractivity contribution is 0.738. The minimum atomic E-state index is 0.266. The zero-order valence-electron chi connectivity index (χ0n) is 9.95. The molecule has 0 fully saturated rings. The molecule has 0 bridgehead atoms. The number of hydrogen-bond donors (Lipinski definition) is 2. The summed E-state index contributed by atoms with van der Waals surface area (Å²) in [6.07, 6.45) is 3.36. The monoisotopic (exact) mass is 208 g/mol. The summed E-state index contributed by atoms with van der Waals surface area (Å²) in [4.78, 5) is 0. The van der Waals surface area contributed by atoms with Crippen molar-refractivity contribution >= 4 is 0 Å². The normalized spacial score (nSPS) is 11.5. The van der Waals surface area contributed by atoms with Crippen molar-refractivity contribution in [2.45, 2.75) is 39.2 Å². The first-order valence-electron chi connectivity index (χ1n) is 5.70. The predicted octanol–water partition coefficient (Wildman–Crippen LogP) is 2.32. The minimum Gasteiger partial charge on any atom is -0.330 e. The van der Waals surface area contributed by atoms with Crippen LogP contribution >= 0.6 is 0 Å². The highest BCUT2D eigenvalue weighted by Gasteiger charge is 1.94. The largest absolute Gasteiger partial charge is 0.330 e. The Morgan fingerprint density at radius 3 is 2.13 bits per heavy atom. The van der Waals surface area contributed by atoms with Gasteiger partial charge in [-0.25, -0.2) is 0 Å². The first-order valence-corrected chi connectivity index (χ1v) is 5.70. The van der Waals surface area contributed by atoms with Crippen LogP contribution in [0.15, 0.2) is 30.3 Å². The van der Waals surface area contributed by atoms with E-state index in [1.165, 1.54) is 18.4 Å². The molecule has 0 amide bonds. The quantitative estimate of drug-likeness (QED) is 0.798. The van der Waals surface area contributed by atoms with Crippen molar-refractivity contribution in [3.05, 3.63) is 35.9 Å². The molecule has 1 aromatic carbocycles. The smallest absolute Gasteiger partial charge is 0.00509 e. The third-order valence-electron chi connectivity index (χ3n) is 1.96. The molecule has 0 aromatic heterocycles. The van der Waals surface area contributed by atoms with Crippen molar-refractivity contribution in [1.29, 1.82) is 0 Å². The van der Waals surface area contributed by atoms with Crippen molar-refractivity contribution in [2.75, 3.05) is 6.54 Å². The second-order valence-electron chi connectivity index (χ2n) is 3.81. The molecule has 1 aromatic rings.